The second-order valence-electron chi connectivity index (χ2n) is 7.46. The Morgan fingerprint density at radius 2 is 1.84 bits per heavy atom. The summed E-state index contributed by atoms with van der Waals surface area (Å²) in [6.07, 6.45) is 0. The average molecular weight is 450 g/mol. The van der Waals surface area contributed by atoms with E-state index in [0.29, 0.717) is 21.4 Å². The minimum absolute atomic E-state index is 0.103. The molecule has 31 heavy (non-hydrogen) atoms. The second kappa shape index (κ2) is 7.18. The van der Waals surface area contributed by atoms with Crippen molar-refractivity contribution in [1.29, 1.82) is 0 Å². The molecule has 1 aliphatic heterocycles. The minimum Gasteiger partial charge on any atom is -0.274 e. The molecule has 6 nitrogen and oxygen atoms in total. The van der Waals surface area contributed by atoms with Gasteiger partial charge >= 0.3 is 0 Å². The average Bonchev–Trinajstić information content (AvgIpc) is 3.26. The van der Waals surface area contributed by atoms with E-state index < -0.39 is 10.0 Å². The zero-order valence-electron chi connectivity index (χ0n) is 16.9. The van der Waals surface area contributed by atoms with E-state index in [4.69, 9.17) is 0 Å². The van der Waals surface area contributed by atoms with Crippen molar-refractivity contribution in [2.24, 2.45) is 0 Å². The summed E-state index contributed by atoms with van der Waals surface area (Å²) in [6.45, 7) is 3.56. The molecule has 4 aromatic rings. The maximum Gasteiger partial charge on any atom is 0.265 e. The van der Waals surface area contributed by atoms with E-state index in [1.165, 1.54) is 22.6 Å². The number of carbonyl (C=O) groups is 1. The van der Waals surface area contributed by atoms with E-state index >= 15 is 0 Å². The van der Waals surface area contributed by atoms with Crippen molar-refractivity contribution in [3.8, 4) is 0 Å². The van der Waals surface area contributed by atoms with Gasteiger partial charge in [-0.15, -0.1) is 11.3 Å². The van der Waals surface area contributed by atoms with Gasteiger partial charge in [0.25, 0.3) is 10.0 Å². The summed E-state index contributed by atoms with van der Waals surface area (Å²) in [7, 11) is -3.66. The maximum atomic E-state index is 13.2. The van der Waals surface area contributed by atoms with Crippen LogP contribution in [0.1, 0.15) is 18.2 Å². The summed E-state index contributed by atoms with van der Waals surface area (Å²) in [4.78, 5) is 18.9. The molecule has 0 bridgehead atoms. The number of hydrogen-bond acceptors (Lipinski definition) is 5. The molecule has 156 valence electrons. The third kappa shape index (κ3) is 3.19. The van der Waals surface area contributed by atoms with Crippen LogP contribution in [0.25, 0.3) is 10.8 Å². The molecule has 0 saturated heterocycles. The third-order valence-corrected chi connectivity index (χ3v) is 7.97. The molecule has 1 amide bonds. The number of rotatable bonds is 4. The lowest BCUT2D eigenvalue weighted by Crippen LogP contribution is -2.27. The topological polar surface area (TPSA) is 70.6 Å². The largest absolute Gasteiger partial charge is 0.274 e. The summed E-state index contributed by atoms with van der Waals surface area (Å²) >= 11 is 1.32. The van der Waals surface area contributed by atoms with Crippen LogP contribution in [0.3, 0.4) is 0 Å². The lowest BCUT2D eigenvalue weighted by atomic mass is 10.1. The molecule has 0 N–H and O–H groups in total. The zero-order valence-corrected chi connectivity index (χ0v) is 18.6. The molecule has 5 rings (SSSR count). The zero-order chi connectivity index (χ0) is 21.8. The van der Waals surface area contributed by atoms with Crippen molar-refractivity contribution in [3.05, 3.63) is 77.3 Å². The SMILES string of the molecule is CC(=O)N(c1cccc(C)c1)c1nc(CN2c3cccc4cccc(c34)S2(=O)=O)cs1. The number of hydrogen-bond donors (Lipinski definition) is 0. The Morgan fingerprint density at radius 1 is 1.10 bits per heavy atom. The fourth-order valence-corrected chi connectivity index (χ4v) is 6.50. The van der Waals surface area contributed by atoms with Crippen LogP contribution in [0.2, 0.25) is 0 Å². The first-order valence-electron chi connectivity index (χ1n) is 9.72. The van der Waals surface area contributed by atoms with E-state index in [0.717, 1.165) is 22.0 Å². The number of amides is 1. The van der Waals surface area contributed by atoms with E-state index in [2.05, 4.69) is 4.98 Å². The number of thiazole rings is 1. The number of sulfonamides is 1. The van der Waals surface area contributed by atoms with E-state index in [1.54, 1.807) is 22.4 Å². The van der Waals surface area contributed by atoms with Gasteiger partial charge in [0.1, 0.15) is 0 Å². The van der Waals surface area contributed by atoms with Crippen molar-refractivity contribution in [2.45, 2.75) is 25.3 Å². The number of benzene rings is 3. The Labute approximate surface area is 184 Å². The highest BCUT2D eigenvalue weighted by atomic mass is 32.2. The lowest BCUT2D eigenvalue weighted by molar-refractivity contribution is -0.115. The van der Waals surface area contributed by atoms with Crippen LogP contribution in [0.4, 0.5) is 16.5 Å². The van der Waals surface area contributed by atoms with E-state index in [-0.39, 0.29) is 12.5 Å². The van der Waals surface area contributed by atoms with Gasteiger partial charge in [-0.2, -0.15) is 0 Å². The smallest absolute Gasteiger partial charge is 0.265 e. The van der Waals surface area contributed by atoms with Gasteiger partial charge in [0, 0.05) is 17.7 Å². The summed E-state index contributed by atoms with van der Waals surface area (Å²) < 4.78 is 27.8. The maximum absolute atomic E-state index is 13.2. The Hall–Kier alpha value is -3.23. The third-order valence-electron chi connectivity index (χ3n) is 5.29. The molecular weight excluding hydrogens is 430 g/mol. The fraction of sp³-hybridized carbons (Fsp3) is 0.130. The van der Waals surface area contributed by atoms with Gasteiger partial charge in [0.05, 0.1) is 28.5 Å². The number of aryl methyl sites for hydroxylation is 1. The van der Waals surface area contributed by atoms with Gasteiger partial charge in [-0.05, 0) is 42.1 Å². The summed E-state index contributed by atoms with van der Waals surface area (Å²) in [5.74, 6) is -0.155. The first-order chi connectivity index (χ1) is 14.9. The molecule has 0 atom stereocenters. The first-order valence-corrected chi connectivity index (χ1v) is 12.0. The lowest BCUT2D eigenvalue weighted by Gasteiger charge is -2.19. The summed E-state index contributed by atoms with van der Waals surface area (Å²) in [6, 6.07) is 18.5. The number of aromatic nitrogens is 1. The number of anilines is 3. The molecule has 1 aliphatic rings. The van der Waals surface area contributed by atoms with E-state index in [9.17, 15) is 13.2 Å². The van der Waals surface area contributed by atoms with Gasteiger partial charge in [-0.1, -0.05) is 36.4 Å². The molecule has 0 radical (unpaired) electrons. The highest BCUT2D eigenvalue weighted by molar-refractivity contribution is 7.93. The Kier molecular flexibility index (Phi) is 4.56. The highest BCUT2D eigenvalue weighted by Gasteiger charge is 2.36. The molecule has 8 heteroatoms. The van der Waals surface area contributed by atoms with Crippen LogP contribution >= 0.6 is 11.3 Å². The quantitative estimate of drug-likeness (QED) is 0.440. The van der Waals surface area contributed by atoms with Gasteiger partial charge in [-0.3, -0.25) is 14.0 Å². The fourth-order valence-electron chi connectivity index (χ4n) is 3.94. The van der Waals surface area contributed by atoms with Gasteiger partial charge in [-0.25, -0.2) is 13.4 Å². The van der Waals surface area contributed by atoms with Crippen LogP contribution in [-0.2, 0) is 21.4 Å². The Morgan fingerprint density at radius 3 is 2.58 bits per heavy atom. The van der Waals surface area contributed by atoms with E-state index in [1.807, 2.05) is 55.5 Å². The Bertz CT molecular complexity index is 1440. The molecule has 0 fully saturated rings. The Balaban J connectivity index is 1.52. The number of carbonyl (C=O) groups excluding carboxylic acids is 1. The highest BCUT2D eigenvalue weighted by Crippen LogP contribution is 2.43. The van der Waals surface area contributed by atoms with Crippen LogP contribution in [0.15, 0.2) is 70.9 Å². The van der Waals surface area contributed by atoms with Gasteiger partial charge < -0.3 is 0 Å². The minimum atomic E-state index is -3.66. The molecule has 0 unspecified atom stereocenters. The summed E-state index contributed by atoms with van der Waals surface area (Å²) in [5.41, 5.74) is 3.02. The van der Waals surface area contributed by atoms with Gasteiger partial charge in [0.15, 0.2) is 5.13 Å². The van der Waals surface area contributed by atoms with Crippen molar-refractivity contribution < 1.29 is 13.2 Å². The molecular formula is C23H19N3O3S2. The molecule has 0 spiro atoms. The van der Waals surface area contributed by atoms with Crippen LogP contribution < -0.4 is 9.21 Å². The van der Waals surface area contributed by atoms with Crippen molar-refractivity contribution in [2.75, 3.05) is 9.21 Å². The molecule has 0 aliphatic carbocycles. The second-order valence-corrected chi connectivity index (χ2v) is 10.1. The molecule has 1 aromatic heterocycles. The first kappa shape index (κ1) is 19.7. The summed E-state index contributed by atoms with van der Waals surface area (Å²) in [5, 5.41) is 3.95. The molecule has 3 aromatic carbocycles. The van der Waals surface area contributed by atoms with Crippen molar-refractivity contribution in [1.82, 2.24) is 4.98 Å². The predicted molar refractivity (Wildman–Crippen MR) is 123 cm³/mol. The van der Waals surface area contributed by atoms with Crippen molar-refractivity contribution >= 4 is 54.5 Å². The van der Waals surface area contributed by atoms with Crippen LogP contribution in [-0.4, -0.2) is 19.3 Å². The standard InChI is InChI=1S/C23H19N3O3S2/c1-15-6-3-9-19(12-15)26(16(2)27)23-24-18(14-30-23)13-25-20-10-4-7-17-8-5-11-21(22(17)20)31(25,28)29/h3-12,14H,13H2,1-2H3. The normalized spacial score (nSPS) is 14.2. The monoisotopic (exact) mass is 449 g/mol. The predicted octanol–water partition coefficient (Wildman–Crippen LogP) is 5.00. The van der Waals surface area contributed by atoms with Gasteiger partial charge in [0.2, 0.25) is 5.91 Å². The molecule has 2 heterocycles. The van der Waals surface area contributed by atoms with Crippen molar-refractivity contribution in [3.63, 3.8) is 0 Å². The molecule has 0 saturated carbocycles. The van der Waals surface area contributed by atoms with Crippen LogP contribution in [0.5, 0.6) is 0 Å². The van der Waals surface area contributed by atoms with Crippen LogP contribution in [0, 0.1) is 6.92 Å². The number of nitrogens with zero attached hydrogens (tertiary/aromatic N) is 3.